The monoisotopic (exact) mass is 244 g/mol. The van der Waals surface area contributed by atoms with Crippen LogP contribution in [0.2, 0.25) is 0 Å². The molecular weight excluding hydrogens is 236 g/mol. The molecule has 78 valence electrons. The van der Waals surface area contributed by atoms with Gasteiger partial charge in [-0.05, 0) is 11.4 Å². The van der Waals surface area contributed by atoms with Gasteiger partial charge in [-0.3, -0.25) is 4.79 Å². The first-order valence-electron chi connectivity index (χ1n) is 4.91. The minimum atomic E-state index is 0.120. The summed E-state index contributed by atoms with van der Waals surface area (Å²) in [4.78, 5) is 12.2. The Bertz CT molecular complexity index is 634. The molecule has 0 N–H and O–H groups in total. The van der Waals surface area contributed by atoms with Crippen molar-refractivity contribution in [3.63, 3.8) is 0 Å². The van der Waals surface area contributed by atoms with Crippen LogP contribution in [0.4, 0.5) is 0 Å². The first kappa shape index (κ1) is 9.75. The lowest BCUT2D eigenvalue weighted by atomic mass is 10.1. The zero-order valence-corrected chi connectivity index (χ0v) is 9.98. The fourth-order valence-corrected chi connectivity index (χ4v) is 3.75. The van der Waals surface area contributed by atoms with Crippen molar-refractivity contribution >= 4 is 37.9 Å². The zero-order valence-electron chi connectivity index (χ0n) is 8.34. The molecule has 2 aromatic heterocycles. The van der Waals surface area contributed by atoms with Crippen molar-refractivity contribution in [2.45, 2.75) is 0 Å². The summed E-state index contributed by atoms with van der Waals surface area (Å²) in [5.41, 5.74) is 1.59. The number of benzene rings is 1. The van der Waals surface area contributed by atoms with Gasteiger partial charge in [-0.25, -0.2) is 0 Å². The summed E-state index contributed by atoms with van der Waals surface area (Å²) < 4.78 is 2.31. The lowest BCUT2D eigenvalue weighted by molar-refractivity contribution is 0.104. The van der Waals surface area contributed by atoms with Gasteiger partial charge in [0.05, 0.1) is 10.3 Å². The Morgan fingerprint density at radius 1 is 1.00 bits per heavy atom. The van der Waals surface area contributed by atoms with E-state index < -0.39 is 0 Å². The predicted molar refractivity (Wildman–Crippen MR) is 69.6 cm³/mol. The van der Waals surface area contributed by atoms with Crippen molar-refractivity contribution in [1.82, 2.24) is 0 Å². The Morgan fingerprint density at radius 3 is 2.62 bits per heavy atom. The van der Waals surface area contributed by atoms with Crippen LogP contribution in [-0.4, -0.2) is 5.78 Å². The third kappa shape index (κ3) is 1.49. The van der Waals surface area contributed by atoms with Crippen molar-refractivity contribution in [1.29, 1.82) is 0 Å². The lowest BCUT2D eigenvalue weighted by Gasteiger charge is -1.97. The largest absolute Gasteiger partial charge is 0.289 e. The molecule has 3 rings (SSSR count). The Labute approximate surface area is 101 Å². The smallest absolute Gasteiger partial charge is 0.195 e. The van der Waals surface area contributed by atoms with Crippen molar-refractivity contribution in [2.75, 3.05) is 0 Å². The quantitative estimate of drug-likeness (QED) is 0.618. The molecule has 3 aromatic rings. The summed E-state index contributed by atoms with van der Waals surface area (Å²) in [5, 5.41) is 3.99. The van der Waals surface area contributed by atoms with Crippen LogP contribution >= 0.6 is 22.7 Å². The highest BCUT2D eigenvalue weighted by atomic mass is 32.1. The first-order valence-corrected chi connectivity index (χ1v) is 6.66. The van der Waals surface area contributed by atoms with E-state index in [1.165, 1.54) is 4.70 Å². The maximum absolute atomic E-state index is 12.2. The number of hydrogen-bond acceptors (Lipinski definition) is 3. The molecule has 0 unspecified atom stereocenters. The number of fused-ring (bicyclic) bond motifs is 1. The number of carbonyl (C=O) groups excluding carboxylic acids is 1. The van der Waals surface area contributed by atoms with Gasteiger partial charge in [-0.1, -0.05) is 30.3 Å². The summed E-state index contributed by atoms with van der Waals surface area (Å²) in [6.45, 7) is 0. The number of ketones is 1. The summed E-state index contributed by atoms with van der Waals surface area (Å²) in [7, 11) is 0. The molecule has 0 spiro atoms. The molecule has 0 aliphatic carbocycles. The Balaban J connectivity index is 2.12. The second-order valence-electron chi connectivity index (χ2n) is 3.46. The highest BCUT2D eigenvalue weighted by Gasteiger charge is 2.14. The fourth-order valence-electron chi connectivity index (χ4n) is 1.66. The SMILES string of the molecule is O=C(c1ccccc1)c1csc2ccsc12. The van der Waals surface area contributed by atoms with Gasteiger partial charge in [-0.15, -0.1) is 22.7 Å². The minimum absolute atomic E-state index is 0.120. The first-order chi connectivity index (χ1) is 7.86. The van der Waals surface area contributed by atoms with Gasteiger partial charge in [0.15, 0.2) is 5.78 Å². The summed E-state index contributed by atoms with van der Waals surface area (Å²) in [5.74, 6) is 0.120. The van der Waals surface area contributed by atoms with Crippen molar-refractivity contribution in [3.05, 3.63) is 58.3 Å². The molecule has 0 aliphatic rings. The molecule has 0 radical (unpaired) electrons. The molecule has 0 atom stereocenters. The lowest BCUT2D eigenvalue weighted by Crippen LogP contribution is -1.98. The van der Waals surface area contributed by atoms with Crippen LogP contribution in [0.15, 0.2) is 47.2 Å². The van der Waals surface area contributed by atoms with Gasteiger partial charge >= 0.3 is 0 Å². The molecule has 1 aromatic carbocycles. The molecule has 0 fully saturated rings. The van der Waals surface area contributed by atoms with E-state index in [1.807, 2.05) is 41.1 Å². The molecule has 0 amide bonds. The van der Waals surface area contributed by atoms with E-state index in [9.17, 15) is 4.79 Å². The zero-order chi connectivity index (χ0) is 11.0. The van der Waals surface area contributed by atoms with E-state index in [0.29, 0.717) is 0 Å². The van der Waals surface area contributed by atoms with Crippen molar-refractivity contribution in [3.8, 4) is 0 Å². The van der Waals surface area contributed by atoms with Gasteiger partial charge < -0.3 is 0 Å². The maximum atomic E-state index is 12.2. The maximum Gasteiger partial charge on any atom is 0.195 e. The van der Waals surface area contributed by atoms with Crippen LogP contribution in [0.5, 0.6) is 0 Å². The third-order valence-corrected chi connectivity index (χ3v) is 4.48. The van der Waals surface area contributed by atoms with Crippen LogP contribution in [0, 0.1) is 0 Å². The van der Waals surface area contributed by atoms with Crippen LogP contribution < -0.4 is 0 Å². The Kier molecular flexibility index (Phi) is 2.35. The van der Waals surface area contributed by atoms with Crippen LogP contribution in [0.25, 0.3) is 9.40 Å². The van der Waals surface area contributed by atoms with Crippen LogP contribution in [0.3, 0.4) is 0 Å². The fraction of sp³-hybridized carbons (Fsp3) is 0. The molecule has 16 heavy (non-hydrogen) atoms. The summed E-state index contributed by atoms with van der Waals surface area (Å²) >= 11 is 3.27. The average molecular weight is 244 g/mol. The minimum Gasteiger partial charge on any atom is -0.289 e. The Hall–Kier alpha value is -1.45. The van der Waals surface area contributed by atoms with E-state index in [1.54, 1.807) is 22.7 Å². The molecule has 0 bridgehead atoms. The van der Waals surface area contributed by atoms with Gasteiger partial charge in [0.2, 0.25) is 0 Å². The van der Waals surface area contributed by atoms with Gasteiger partial charge in [-0.2, -0.15) is 0 Å². The normalized spacial score (nSPS) is 10.8. The average Bonchev–Trinajstić information content (AvgIpc) is 2.91. The molecule has 3 heteroatoms. The second-order valence-corrected chi connectivity index (χ2v) is 5.29. The molecule has 0 saturated heterocycles. The van der Waals surface area contributed by atoms with E-state index in [4.69, 9.17) is 0 Å². The standard InChI is InChI=1S/C13H8OS2/c14-12(9-4-2-1-3-5-9)10-8-16-11-6-7-15-13(10)11/h1-8H. The van der Waals surface area contributed by atoms with Crippen LogP contribution in [-0.2, 0) is 0 Å². The van der Waals surface area contributed by atoms with E-state index in [-0.39, 0.29) is 5.78 Å². The highest BCUT2D eigenvalue weighted by molar-refractivity contribution is 7.26. The van der Waals surface area contributed by atoms with E-state index in [2.05, 4.69) is 6.07 Å². The topological polar surface area (TPSA) is 17.1 Å². The van der Waals surface area contributed by atoms with E-state index >= 15 is 0 Å². The predicted octanol–water partition coefficient (Wildman–Crippen LogP) is 4.19. The number of carbonyl (C=O) groups is 1. The molecule has 0 saturated carbocycles. The number of rotatable bonds is 2. The number of hydrogen-bond donors (Lipinski definition) is 0. The highest BCUT2D eigenvalue weighted by Crippen LogP contribution is 2.32. The van der Waals surface area contributed by atoms with Gasteiger partial charge in [0, 0.05) is 15.6 Å². The number of thiophene rings is 2. The third-order valence-electron chi connectivity index (χ3n) is 2.46. The second kappa shape index (κ2) is 3.85. The summed E-state index contributed by atoms with van der Waals surface area (Å²) in [6.07, 6.45) is 0. The molecular formula is C13H8OS2. The van der Waals surface area contributed by atoms with Gasteiger partial charge in [0.25, 0.3) is 0 Å². The Morgan fingerprint density at radius 2 is 1.81 bits per heavy atom. The summed E-state index contributed by atoms with van der Waals surface area (Å²) in [6, 6.07) is 11.5. The molecule has 0 aliphatic heterocycles. The van der Waals surface area contributed by atoms with Gasteiger partial charge in [0.1, 0.15) is 0 Å². The van der Waals surface area contributed by atoms with E-state index in [0.717, 1.165) is 15.8 Å². The molecule has 1 nitrogen and oxygen atoms in total. The van der Waals surface area contributed by atoms with Crippen molar-refractivity contribution < 1.29 is 4.79 Å². The van der Waals surface area contributed by atoms with Crippen molar-refractivity contribution in [2.24, 2.45) is 0 Å². The molecule has 2 heterocycles. The van der Waals surface area contributed by atoms with Crippen LogP contribution in [0.1, 0.15) is 15.9 Å².